The number of amides is 1. The van der Waals surface area contributed by atoms with E-state index in [0.29, 0.717) is 13.0 Å². The highest BCUT2D eigenvalue weighted by atomic mass is 32.1. The zero-order valence-corrected chi connectivity index (χ0v) is 12.6. The van der Waals surface area contributed by atoms with Crippen LogP contribution in [-0.2, 0) is 17.6 Å². The second-order valence-corrected chi connectivity index (χ2v) is 5.69. The summed E-state index contributed by atoms with van der Waals surface area (Å²) in [6.07, 6.45) is 1.31. The van der Waals surface area contributed by atoms with Gasteiger partial charge in [-0.15, -0.1) is 11.3 Å². The van der Waals surface area contributed by atoms with Crippen LogP contribution in [0.25, 0.3) is 0 Å². The van der Waals surface area contributed by atoms with Gasteiger partial charge in [-0.3, -0.25) is 4.79 Å². The Morgan fingerprint density at radius 2 is 2.20 bits per heavy atom. The number of rotatable bonds is 6. The molecule has 1 aromatic carbocycles. The van der Waals surface area contributed by atoms with Crippen LogP contribution in [0.15, 0.2) is 35.7 Å². The van der Waals surface area contributed by atoms with Gasteiger partial charge in [-0.05, 0) is 42.0 Å². The number of thiophene rings is 1. The summed E-state index contributed by atoms with van der Waals surface area (Å²) in [5.74, 6) is 0.980. The van der Waals surface area contributed by atoms with Crippen molar-refractivity contribution in [2.24, 2.45) is 0 Å². The van der Waals surface area contributed by atoms with Crippen LogP contribution in [0.2, 0.25) is 0 Å². The normalized spacial score (nSPS) is 10.3. The molecule has 0 bridgehead atoms. The molecule has 1 aromatic heterocycles. The van der Waals surface area contributed by atoms with Gasteiger partial charge in [-0.25, -0.2) is 0 Å². The first kappa shape index (κ1) is 14.6. The van der Waals surface area contributed by atoms with Gasteiger partial charge >= 0.3 is 0 Å². The molecule has 3 nitrogen and oxygen atoms in total. The van der Waals surface area contributed by atoms with Crippen LogP contribution in [0.5, 0.6) is 5.75 Å². The van der Waals surface area contributed by atoms with Crippen LogP contribution in [0.3, 0.4) is 0 Å². The van der Waals surface area contributed by atoms with Crippen molar-refractivity contribution in [3.63, 3.8) is 0 Å². The second kappa shape index (κ2) is 7.10. The number of benzene rings is 1. The molecular formula is C16H19NO2S. The molecular weight excluding hydrogens is 270 g/mol. The molecule has 0 saturated heterocycles. The molecule has 0 spiro atoms. The molecule has 0 aliphatic carbocycles. The average Bonchev–Trinajstić information content (AvgIpc) is 2.92. The molecule has 2 rings (SSSR count). The third-order valence-electron chi connectivity index (χ3n) is 3.11. The Morgan fingerprint density at radius 1 is 1.35 bits per heavy atom. The van der Waals surface area contributed by atoms with Crippen molar-refractivity contribution < 1.29 is 9.53 Å². The molecule has 1 N–H and O–H groups in total. The summed E-state index contributed by atoms with van der Waals surface area (Å²) in [5, 5.41) is 4.94. The lowest BCUT2D eigenvalue weighted by molar-refractivity contribution is -0.120. The minimum absolute atomic E-state index is 0.0812. The quantitative estimate of drug-likeness (QED) is 0.888. The Labute approximate surface area is 123 Å². The number of carbonyl (C=O) groups is 1. The van der Waals surface area contributed by atoms with E-state index in [1.165, 1.54) is 5.56 Å². The molecule has 0 aliphatic rings. The standard InChI is InChI=1S/C16H19NO2S/c1-12-10-13(5-6-15(12)19-2)7-8-17-16(18)11-14-4-3-9-20-14/h3-6,9-10H,7-8,11H2,1-2H3,(H,17,18). The van der Waals surface area contributed by atoms with E-state index in [-0.39, 0.29) is 5.91 Å². The second-order valence-electron chi connectivity index (χ2n) is 4.66. The summed E-state index contributed by atoms with van der Waals surface area (Å²) < 4.78 is 5.23. The van der Waals surface area contributed by atoms with Crippen LogP contribution >= 0.6 is 11.3 Å². The maximum atomic E-state index is 11.7. The van der Waals surface area contributed by atoms with E-state index >= 15 is 0 Å². The highest BCUT2D eigenvalue weighted by molar-refractivity contribution is 7.10. The molecule has 106 valence electrons. The van der Waals surface area contributed by atoms with E-state index in [2.05, 4.69) is 11.4 Å². The van der Waals surface area contributed by atoms with Gasteiger partial charge in [0.2, 0.25) is 5.91 Å². The van der Waals surface area contributed by atoms with Gasteiger partial charge in [0.1, 0.15) is 5.75 Å². The molecule has 0 unspecified atom stereocenters. The fourth-order valence-corrected chi connectivity index (χ4v) is 2.78. The lowest BCUT2D eigenvalue weighted by Gasteiger charge is -2.08. The van der Waals surface area contributed by atoms with Crippen molar-refractivity contribution in [3.05, 3.63) is 51.7 Å². The van der Waals surface area contributed by atoms with Crippen molar-refractivity contribution in [2.45, 2.75) is 19.8 Å². The molecule has 0 atom stereocenters. The maximum absolute atomic E-state index is 11.7. The predicted molar refractivity (Wildman–Crippen MR) is 82.5 cm³/mol. The number of nitrogens with one attached hydrogen (secondary N) is 1. The highest BCUT2D eigenvalue weighted by Gasteiger charge is 2.04. The van der Waals surface area contributed by atoms with Crippen LogP contribution < -0.4 is 10.1 Å². The van der Waals surface area contributed by atoms with Crippen LogP contribution in [0.4, 0.5) is 0 Å². The van der Waals surface area contributed by atoms with Crippen molar-refractivity contribution in [1.29, 1.82) is 0 Å². The van der Waals surface area contributed by atoms with Crippen molar-refractivity contribution in [1.82, 2.24) is 5.32 Å². The largest absolute Gasteiger partial charge is 0.496 e. The third kappa shape index (κ3) is 4.10. The van der Waals surface area contributed by atoms with Gasteiger partial charge in [0, 0.05) is 11.4 Å². The lowest BCUT2D eigenvalue weighted by atomic mass is 10.1. The number of methoxy groups -OCH3 is 1. The van der Waals surface area contributed by atoms with E-state index in [0.717, 1.165) is 22.6 Å². The monoisotopic (exact) mass is 289 g/mol. The van der Waals surface area contributed by atoms with Gasteiger partial charge in [-0.2, -0.15) is 0 Å². The minimum atomic E-state index is 0.0812. The molecule has 2 aromatic rings. The fraction of sp³-hybridized carbons (Fsp3) is 0.312. The summed E-state index contributed by atoms with van der Waals surface area (Å²) in [6.45, 7) is 2.69. The van der Waals surface area contributed by atoms with Crippen molar-refractivity contribution in [2.75, 3.05) is 13.7 Å². The molecule has 0 fully saturated rings. The number of hydrogen-bond donors (Lipinski definition) is 1. The minimum Gasteiger partial charge on any atom is -0.496 e. The summed E-state index contributed by atoms with van der Waals surface area (Å²) in [7, 11) is 1.67. The highest BCUT2D eigenvalue weighted by Crippen LogP contribution is 2.18. The fourth-order valence-electron chi connectivity index (χ4n) is 2.08. The summed E-state index contributed by atoms with van der Waals surface area (Å²) in [4.78, 5) is 12.8. The van der Waals surface area contributed by atoms with Gasteiger partial charge in [0.25, 0.3) is 0 Å². The molecule has 1 amide bonds. The van der Waals surface area contributed by atoms with E-state index < -0.39 is 0 Å². The van der Waals surface area contributed by atoms with Gasteiger partial charge < -0.3 is 10.1 Å². The first-order valence-corrected chi connectivity index (χ1v) is 7.49. The first-order chi connectivity index (χ1) is 9.69. The Balaban J connectivity index is 1.78. The molecule has 0 aliphatic heterocycles. The smallest absolute Gasteiger partial charge is 0.225 e. The number of carbonyl (C=O) groups excluding carboxylic acids is 1. The van der Waals surface area contributed by atoms with E-state index in [1.54, 1.807) is 18.4 Å². The average molecular weight is 289 g/mol. The summed E-state index contributed by atoms with van der Waals surface area (Å²) in [5.41, 5.74) is 2.33. The van der Waals surface area contributed by atoms with Gasteiger partial charge in [-0.1, -0.05) is 18.2 Å². The lowest BCUT2D eigenvalue weighted by Crippen LogP contribution is -2.26. The summed E-state index contributed by atoms with van der Waals surface area (Å²) in [6, 6.07) is 10.1. The zero-order valence-electron chi connectivity index (χ0n) is 11.8. The van der Waals surface area contributed by atoms with Crippen LogP contribution in [-0.4, -0.2) is 19.6 Å². The predicted octanol–water partition coefficient (Wildman–Crippen LogP) is 2.97. The third-order valence-corrected chi connectivity index (χ3v) is 3.99. The summed E-state index contributed by atoms with van der Waals surface area (Å²) >= 11 is 1.61. The van der Waals surface area contributed by atoms with E-state index in [4.69, 9.17) is 4.74 Å². The maximum Gasteiger partial charge on any atom is 0.225 e. The van der Waals surface area contributed by atoms with Crippen molar-refractivity contribution in [3.8, 4) is 5.75 Å². The topological polar surface area (TPSA) is 38.3 Å². The zero-order chi connectivity index (χ0) is 14.4. The number of aryl methyl sites for hydroxylation is 1. The molecule has 20 heavy (non-hydrogen) atoms. The Bertz CT molecular complexity index is 564. The Hall–Kier alpha value is -1.81. The van der Waals surface area contributed by atoms with Gasteiger partial charge in [0.15, 0.2) is 0 Å². The van der Waals surface area contributed by atoms with Crippen LogP contribution in [0, 0.1) is 6.92 Å². The first-order valence-electron chi connectivity index (χ1n) is 6.61. The van der Waals surface area contributed by atoms with Crippen molar-refractivity contribution >= 4 is 17.2 Å². The molecule has 4 heteroatoms. The molecule has 0 radical (unpaired) electrons. The van der Waals surface area contributed by atoms with E-state index in [1.807, 2.05) is 36.6 Å². The molecule has 1 heterocycles. The van der Waals surface area contributed by atoms with E-state index in [9.17, 15) is 4.79 Å². The number of hydrogen-bond acceptors (Lipinski definition) is 3. The Kier molecular flexibility index (Phi) is 5.18. The Morgan fingerprint density at radius 3 is 2.85 bits per heavy atom. The van der Waals surface area contributed by atoms with Gasteiger partial charge in [0.05, 0.1) is 13.5 Å². The SMILES string of the molecule is COc1ccc(CCNC(=O)Cc2cccs2)cc1C. The van der Waals surface area contributed by atoms with Crippen LogP contribution in [0.1, 0.15) is 16.0 Å². The molecule has 0 saturated carbocycles. The number of ether oxygens (including phenoxy) is 1.